The molecular weight excluding hydrogens is 608 g/mol. The van der Waals surface area contributed by atoms with Gasteiger partial charge < -0.3 is 28.4 Å². The van der Waals surface area contributed by atoms with Crippen LogP contribution in [0.25, 0.3) is 0 Å². The van der Waals surface area contributed by atoms with Crippen LogP contribution >= 0.6 is 24.1 Å². The summed E-state index contributed by atoms with van der Waals surface area (Å²) in [6.07, 6.45) is 30.5. The van der Waals surface area contributed by atoms with E-state index < -0.39 is 24.1 Å². The fourth-order valence-corrected chi connectivity index (χ4v) is 5.83. The Morgan fingerprint density at radius 2 is 0.475 bits per heavy atom. The van der Waals surface area contributed by atoms with Crippen molar-refractivity contribution in [1.29, 1.82) is 0 Å². The first-order valence-electron chi connectivity index (χ1n) is 16.4. The van der Waals surface area contributed by atoms with Crippen LogP contribution in [0.3, 0.4) is 0 Å². The summed E-state index contributed by atoms with van der Waals surface area (Å²) in [6.45, 7) is 6.64. The second-order valence-corrected chi connectivity index (χ2v) is 14.5. The molecule has 0 saturated heterocycles. The summed E-state index contributed by atoms with van der Waals surface area (Å²) in [4.78, 5) is 30.7. The molecule has 10 heteroatoms. The van der Waals surface area contributed by atoms with Crippen molar-refractivity contribution < 1.29 is 45.2 Å². The summed E-state index contributed by atoms with van der Waals surface area (Å²) in [5.41, 5.74) is 0. The Balaban J connectivity index is -0.000000240. The molecule has 0 spiro atoms. The van der Waals surface area contributed by atoms with Crippen molar-refractivity contribution in [2.75, 3.05) is 18.5 Å². The minimum absolute atomic E-state index is 0. The van der Waals surface area contributed by atoms with Gasteiger partial charge >= 0.3 is 16.8 Å². The van der Waals surface area contributed by atoms with Gasteiger partial charge in [-0.2, -0.15) is 0 Å². The first-order chi connectivity index (χ1) is 18.8. The maximum Gasteiger partial charge on any atom is 3.00 e. The van der Waals surface area contributed by atoms with Gasteiger partial charge in [0.1, 0.15) is 0 Å². The second-order valence-electron chi connectivity index (χ2n) is 10.8. The molecule has 246 valence electrons. The molecule has 0 aromatic heterocycles. The van der Waals surface area contributed by atoms with Gasteiger partial charge in [-0.3, -0.25) is 0 Å². The van der Waals surface area contributed by atoms with E-state index in [4.69, 9.17) is 0 Å². The van der Waals surface area contributed by atoms with Crippen molar-refractivity contribution in [2.45, 2.75) is 175 Å². The largest absolute Gasteiger partial charge is 3.00 e. The predicted octanol–water partition coefficient (Wildman–Crippen LogP) is 8.88. The minimum Gasteiger partial charge on any atom is -0.802 e. The van der Waals surface area contributed by atoms with Crippen LogP contribution < -0.4 is 14.7 Å². The van der Waals surface area contributed by atoms with Crippen molar-refractivity contribution in [3.63, 3.8) is 0 Å². The quantitative estimate of drug-likeness (QED) is 0.0634. The first kappa shape index (κ1) is 48.0. The minimum atomic E-state index is -2.44. The first-order valence-corrected chi connectivity index (χ1v) is 21.0. The third kappa shape index (κ3) is 58.7. The Morgan fingerprint density at radius 1 is 0.325 bits per heavy atom. The summed E-state index contributed by atoms with van der Waals surface area (Å²) in [5.74, 6) is 0. The number of rotatable bonds is 27. The van der Waals surface area contributed by atoms with Crippen LogP contribution in [0.2, 0.25) is 0 Å². The average Bonchev–Trinajstić information content (AvgIpc) is 2.89. The van der Waals surface area contributed by atoms with Crippen molar-refractivity contribution in [1.82, 2.24) is 0 Å². The topological polar surface area (TPSA) is 120 Å². The molecule has 0 bridgehead atoms. The SMILES string of the molecule is CCCCCCCCCC[PH](=O)[O-].CCCCCCCCCC[PH](=O)[O-].CCCCCCCCCC[PH](=O)[O-].[Co+3]. The van der Waals surface area contributed by atoms with E-state index in [2.05, 4.69) is 20.8 Å². The summed E-state index contributed by atoms with van der Waals surface area (Å²) in [7, 11) is -7.31. The van der Waals surface area contributed by atoms with E-state index in [-0.39, 0.29) is 16.8 Å². The zero-order valence-corrected chi connectivity index (χ0v) is 30.4. The van der Waals surface area contributed by atoms with Gasteiger partial charge in [-0.1, -0.05) is 156 Å². The molecular formula is C30H66CoO6P3. The van der Waals surface area contributed by atoms with Crippen LogP contribution in [-0.2, 0) is 30.5 Å². The van der Waals surface area contributed by atoms with E-state index in [9.17, 15) is 28.4 Å². The molecule has 6 nitrogen and oxygen atoms in total. The molecule has 0 aliphatic rings. The summed E-state index contributed by atoms with van der Waals surface area (Å²) < 4.78 is 30.7. The van der Waals surface area contributed by atoms with Crippen molar-refractivity contribution in [3.8, 4) is 0 Å². The number of hydrogen-bond acceptors (Lipinski definition) is 6. The molecule has 0 aromatic rings. The summed E-state index contributed by atoms with van der Waals surface area (Å²) in [6, 6.07) is 0. The molecule has 3 atom stereocenters. The fraction of sp³-hybridized carbons (Fsp3) is 1.00. The average molecular weight is 675 g/mol. The molecule has 0 heterocycles. The predicted molar refractivity (Wildman–Crippen MR) is 169 cm³/mol. The molecule has 0 N–H and O–H groups in total. The van der Waals surface area contributed by atoms with E-state index >= 15 is 0 Å². The molecule has 0 radical (unpaired) electrons. The van der Waals surface area contributed by atoms with Crippen LogP contribution in [0.1, 0.15) is 175 Å². The van der Waals surface area contributed by atoms with Gasteiger partial charge in [-0.05, 0) is 37.7 Å². The molecule has 0 aromatic carbocycles. The Morgan fingerprint density at radius 3 is 0.625 bits per heavy atom. The van der Waals surface area contributed by atoms with Crippen LogP contribution in [0.15, 0.2) is 0 Å². The van der Waals surface area contributed by atoms with E-state index in [0.29, 0.717) is 18.5 Å². The molecule has 3 unspecified atom stereocenters. The van der Waals surface area contributed by atoms with Gasteiger partial charge in [0.25, 0.3) is 0 Å². The Bertz CT molecular complexity index is 456. The van der Waals surface area contributed by atoms with Crippen molar-refractivity contribution in [2.24, 2.45) is 0 Å². The molecule has 0 amide bonds. The zero-order chi connectivity index (χ0) is 29.8. The van der Waals surface area contributed by atoms with E-state index in [0.717, 1.165) is 38.5 Å². The van der Waals surface area contributed by atoms with Crippen LogP contribution in [0, 0.1) is 0 Å². The van der Waals surface area contributed by atoms with E-state index in [1.807, 2.05) is 0 Å². The molecule has 0 rings (SSSR count). The van der Waals surface area contributed by atoms with E-state index in [1.54, 1.807) is 0 Å². The number of unbranched alkanes of at least 4 members (excludes halogenated alkanes) is 21. The normalized spacial score (nSPS) is 12.8. The zero-order valence-electron chi connectivity index (χ0n) is 26.4. The molecule has 0 aliphatic carbocycles. The fourth-order valence-electron chi connectivity index (χ4n) is 4.21. The van der Waals surface area contributed by atoms with Gasteiger partial charge in [0.2, 0.25) is 0 Å². The third-order valence-corrected chi connectivity index (χ3v) is 8.99. The third-order valence-electron chi connectivity index (χ3n) is 6.70. The Hall–Kier alpha value is 1.08. The summed E-state index contributed by atoms with van der Waals surface area (Å²) >= 11 is 0. The Kier molecular flexibility index (Phi) is 53.4. The molecule has 0 aliphatic heterocycles. The molecule has 0 saturated carbocycles. The van der Waals surface area contributed by atoms with Gasteiger partial charge in [0.05, 0.1) is 0 Å². The standard InChI is InChI=1S/3C10H23O2P.Co/c3*1-2-3-4-5-6-7-8-9-10-13(11)12;/h3*13H,2-10H2,1H3,(H,11,12);/q;;;+3/p-3. The smallest absolute Gasteiger partial charge is 0.802 e. The Labute approximate surface area is 261 Å². The number of hydrogen-bond donors (Lipinski definition) is 0. The van der Waals surface area contributed by atoms with Gasteiger partial charge in [0.15, 0.2) is 0 Å². The van der Waals surface area contributed by atoms with E-state index in [1.165, 1.54) is 116 Å². The molecule has 40 heavy (non-hydrogen) atoms. The van der Waals surface area contributed by atoms with Crippen LogP contribution in [0.5, 0.6) is 0 Å². The van der Waals surface area contributed by atoms with Gasteiger partial charge in [-0.15, -0.1) is 0 Å². The van der Waals surface area contributed by atoms with Crippen molar-refractivity contribution >= 4 is 24.1 Å². The monoisotopic (exact) mass is 674 g/mol. The van der Waals surface area contributed by atoms with Crippen molar-refractivity contribution in [3.05, 3.63) is 0 Å². The van der Waals surface area contributed by atoms with Crippen LogP contribution in [0.4, 0.5) is 0 Å². The molecule has 0 fully saturated rings. The summed E-state index contributed by atoms with van der Waals surface area (Å²) in [5, 5.41) is 0. The van der Waals surface area contributed by atoms with Gasteiger partial charge in [-0.25, -0.2) is 0 Å². The van der Waals surface area contributed by atoms with Gasteiger partial charge in [0, 0.05) is 24.1 Å². The maximum absolute atomic E-state index is 10.2. The maximum atomic E-state index is 10.2. The second kappa shape index (κ2) is 44.5. The van der Waals surface area contributed by atoms with Crippen LogP contribution in [-0.4, -0.2) is 18.5 Å².